The summed E-state index contributed by atoms with van der Waals surface area (Å²) in [5, 5.41) is 8.62. The number of thiophene rings is 1. The van der Waals surface area contributed by atoms with Crippen LogP contribution in [0.4, 0.5) is 18.2 Å². The molecule has 33 heavy (non-hydrogen) atoms. The molecule has 2 aromatic heterocycles. The van der Waals surface area contributed by atoms with E-state index in [0.717, 1.165) is 28.2 Å². The smallest absolute Gasteiger partial charge is 0.461 e. The molecular weight excluding hydrogens is 487 g/mol. The third-order valence-corrected chi connectivity index (χ3v) is 5.39. The van der Waals surface area contributed by atoms with E-state index in [1.807, 2.05) is 0 Å². The number of hydrogen-bond donors (Lipinski definition) is 1. The fraction of sp³-hybridized carbons (Fsp3) is 0.300. The Labute approximate surface area is 193 Å². The van der Waals surface area contributed by atoms with Crippen molar-refractivity contribution >= 4 is 50.6 Å². The number of halogens is 4. The Balaban J connectivity index is 2.12. The number of amides is 1. The van der Waals surface area contributed by atoms with Crippen LogP contribution in [0.15, 0.2) is 34.4 Å². The van der Waals surface area contributed by atoms with E-state index in [-0.39, 0.29) is 52.0 Å². The van der Waals surface area contributed by atoms with Gasteiger partial charge in [-0.05, 0) is 37.6 Å². The highest BCUT2D eigenvalue weighted by molar-refractivity contribution is 7.16. The maximum absolute atomic E-state index is 13.2. The molecule has 1 N–H and O–H groups in total. The lowest BCUT2D eigenvalue weighted by Gasteiger charge is -2.11. The first kappa shape index (κ1) is 24.5. The number of rotatable bonds is 8. The van der Waals surface area contributed by atoms with Crippen LogP contribution in [-0.4, -0.2) is 40.5 Å². The number of alkyl halides is 4. The molecule has 0 aliphatic heterocycles. The molecule has 0 radical (unpaired) electrons. The first-order valence-corrected chi connectivity index (χ1v) is 11.0. The molecule has 0 unspecified atom stereocenters. The molecule has 13 heteroatoms. The Bertz CT molecular complexity index is 1220. The molecule has 0 fully saturated rings. The Morgan fingerprint density at radius 1 is 1.24 bits per heavy atom. The first-order chi connectivity index (χ1) is 15.6. The molecule has 3 aromatic rings. The lowest BCUT2D eigenvalue weighted by Crippen LogP contribution is -2.25. The Morgan fingerprint density at radius 2 is 1.94 bits per heavy atom. The predicted octanol–water partition coefficient (Wildman–Crippen LogP) is 4.48. The molecule has 0 aliphatic rings. The summed E-state index contributed by atoms with van der Waals surface area (Å²) in [6, 6.07) is 4.38. The Hall–Kier alpha value is -3.12. The molecule has 0 spiro atoms. The summed E-state index contributed by atoms with van der Waals surface area (Å²) in [5.74, 6) is -1.37. The number of carbonyl (C=O) groups is 2. The third-order valence-electron chi connectivity index (χ3n) is 4.23. The second kappa shape index (κ2) is 10.2. The van der Waals surface area contributed by atoms with Gasteiger partial charge in [0.2, 0.25) is 5.91 Å². The van der Waals surface area contributed by atoms with Crippen molar-refractivity contribution in [2.24, 2.45) is 0 Å². The van der Waals surface area contributed by atoms with Gasteiger partial charge in [0.1, 0.15) is 10.8 Å². The van der Waals surface area contributed by atoms with Crippen molar-refractivity contribution in [3.05, 3.63) is 45.7 Å². The maximum atomic E-state index is 13.2. The number of esters is 1. The van der Waals surface area contributed by atoms with Crippen molar-refractivity contribution in [1.82, 2.24) is 9.78 Å². The van der Waals surface area contributed by atoms with Crippen LogP contribution in [0.1, 0.15) is 30.3 Å². The van der Waals surface area contributed by atoms with Gasteiger partial charge >= 0.3 is 12.3 Å². The number of carbonyl (C=O) groups excluding carboxylic acids is 2. The van der Waals surface area contributed by atoms with Gasteiger partial charge in [-0.3, -0.25) is 9.59 Å². The maximum Gasteiger partial charge on any atom is 0.573 e. The van der Waals surface area contributed by atoms with Gasteiger partial charge < -0.3 is 14.8 Å². The van der Waals surface area contributed by atoms with E-state index in [0.29, 0.717) is 6.42 Å². The number of fused-ring (bicyclic) bond motifs is 1. The van der Waals surface area contributed by atoms with Crippen LogP contribution in [0.25, 0.3) is 16.5 Å². The summed E-state index contributed by atoms with van der Waals surface area (Å²) in [7, 11) is 0. The van der Waals surface area contributed by atoms with Crippen molar-refractivity contribution in [2.45, 2.75) is 26.1 Å². The summed E-state index contributed by atoms with van der Waals surface area (Å²) in [4.78, 5) is 37.9. The highest BCUT2D eigenvalue weighted by Gasteiger charge is 2.31. The van der Waals surface area contributed by atoms with Crippen LogP contribution in [0.5, 0.6) is 5.75 Å². The molecule has 0 saturated carbocycles. The monoisotopic (exact) mass is 503 g/mol. The quantitative estimate of drug-likeness (QED) is 0.359. The van der Waals surface area contributed by atoms with Crippen molar-refractivity contribution < 1.29 is 32.2 Å². The molecule has 0 aliphatic carbocycles. The van der Waals surface area contributed by atoms with Gasteiger partial charge in [0.25, 0.3) is 5.56 Å². The minimum Gasteiger partial charge on any atom is -0.461 e. The molecular formula is C20H17ClF3N3O5S. The molecule has 0 atom stereocenters. The summed E-state index contributed by atoms with van der Waals surface area (Å²) in [5.41, 5.74) is -0.788. The van der Waals surface area contributed by atoms with Crippen molar-refractivity contribution in [3.63, 3.8) is 0 Å². The van der Waals surface area contributed by atoms with Gasteiger partial charge in [-0.15, -0.1) is 36.1 Å². The van der Waals surface area contributed by atoms with E-state index in [1.54, 1.807) is 6.92 Å². The molecule has 1 aromatic carbocycles. The van der Waals surface area contributed by atoms with Crippen molar-refractivity contribution in [3.8, 4) is 11.4 Å². The standard InChI is InChI=1S/C20H17ClF3N3O5S/c1-2-31-19(30)16-13-10-33-17(25-14(28)4-3-9-21)15(13)18(29)27(26-16)11-5-7-12(8-6-11)32-20(22,23)24/h5-8,10H,2-4,9H2,1H3,(H,25,28). The van der Waals surface area contributed by atoms with Crippen LogP contribution < -0.4 is 15.6 Å². The number of aromatic nitrogens is 2. The molecule has 2 heterocycles. The number of nitrogens with zero attached hydrogens (tertiary/aromatic N) is 2. The zero-order valence-electron chi connectivity index (χ0n) is 17.1. The predicted molar refractivity (Wildman–Crippen MR) is 116 cm³/mol. The SMILES string of the molecule is CCOC(=O)c1nn(-c2ccc(OC(F)(F)F)cc2)c(=O)c2c(NC(=O)CCCCl)scc12. The lowest BCUT2D eigenvalue weighted by atomic mass is 10.2. The van der Waals surface area contributed by atoms with Gasteiger partial charge in [-0.25, -0.2) is 4.79 Å². The highest BCUT2D eigenvalue weighted by Crippen LogP contribution is 2.31. The minimum absolute atomic E-state index is 0.0212. The van der Waals surface area contributed by atoms with Crippen molar-refractivity contribution in [2.75, 3.05) is 17.8 Å². The molecule has 0 bridgehead atoms. The minimum atomic E-state index is -4.88. The largest absolute Gasteiger partial charge is 0.573 e. The molecule has 3 rings (SSSR count). The topological polar surface area (TPSA) is 99.5 Å². The second-order valence-electron chi connectivity index (χ2n) is 6.52. The second-order valence-corrected chi connectivity index (χ2v) is 7.78. The van der Waals surface area contributed by atoms with Crippen LogP contribution in [0, 0.1) is 0 Å². The molecule has 0 saturated heterocycles. The van der Waals surface area contributed by atoms with Crippen LogP contribution in [0.2, 0.25) is 0 Å². The zero-order valence-corrected chi connectivity index (χ0v) is 18.6. The number of nitrogens with one attached hydrogen (secondary N) is 1. The van der Waals surface area contributed by atoms with E-state index in [1.165, 1.54) is 17.5 Å². The average molecular weight is 504 g/mol. The molecule has 176 valence electrons. The molecule has 8 nitrogen and oxygen atoms in total. The highest BCUT2D eigenvalue weighted by atomic mass is 35.5. The average Bonchev–Trinajstić information content (AvgIpc) is 3.16. The normalized spacial score (nSPS) is 11.4. The van der Waals surface area contributed by atoms with E-state index in [9.17, 15) is 27.6 Å². The van der Waals surface area contributed by atoms with Crippen molar-refractivity contribution in [1.29, 1.82) is 0 Å². The van der Waals surface area contributed by atoms with Gasteiger partial charge in [-0.1, -0.05) is 0 Å². The number of benzene rings is 1. The summed E-state index contributed by atoms with van der Waals surface area (Å²) < 4.78 is 47.0. The van der Waals surface area contributed by atoms with Crippen LogP contribution in [-0.2, 0) is 9.53 Å². The molecule has 1 amide bonds. The lowest BCUT2D eigenvalue weighted by molar-refractivity contribution is -0.274. The number of anilines is 1. The fourth-order valence-corrected chi connectivity index (χ4v) is 3.96. The third kappa shape index (κ3) is 5.82. The zero-order chi connectivity index (χ0) is 24.2. The van der Waals surface area contributed by atoms with Gasteiger partial charge in [-0.2, -0.15) is 9.78 Å². The van der Waals surface area contributed by atoms with E-state index < -0.39 is 23.6 Å². The number of ether oxygens (including phenoxy) is 2. The van der Waals surface area contributed by atoms with Gasteiger partial charge in [0.05, 0.1) is 17.7 Å². The van der Waals surface area contributed by atoms with Crippen LogP contribution in [0.3, 0.4) is 0 Å². The summed E-state index contributed by atoms with van der Waals surface area (Å²) in [6.45, 7) is 1.65. The van der Waals surface area contributed by atoms with Crippen LogP contribution >= 0.6 is 22.9 Å². The van der Waals surface area contributed by atoms with Gasteiger partial charge in [0, 0.05) is 23.1 Å². The summed E-state index contributed by atoms with van der Waals surface area (Å²) in [6.07, 6.45) is -4.31. The van der Waals surface area contributed by atoms with E-state index in [4.69, 9.17) is 16.3 Å². The van der Waals surface area contributed by atoms with E-state index >= 15 is 0 Å². The van der Waals surface area contributed by atoms with E-state index in [2.05, 4.69) is 15.2 Å². The fourth-order valence-electron chi connectivity index (χ4n) is 2.87. The Morgan fingerprint density at radius 3 is 2.55 bits per heavy atom. The Kier molecular flexibility index (Phi) is 7.59. The number of hydrogen-bond acceptors (Lipinski definition) is 7. The first-order valence-electron chi connectivity index (χ1n) is 9.58. The summed E-state index contributed by atoms with van der Waals surface area (Å²) >= 11 is 6.64. The van der Waals surface area contributed by atoms with Gasteiger partial charge in [0.15, 0.2) is 5.69 Å².